The third-order valence-electron chi connectivity index (χ3n) is 4.23. The predicted octanol–water partition coefficient (Wildman–Crippen LogP) is 2.62. The van der Waals surface area contributed by atoms with Crippen molar-refractivity contribution in [1.82, 2.24) is 10.2 Å². The molecule has 0 bridgehead atoms. The van der Waals surface area contributed by atoms with Crippen molar-refractivity contribution in [2.45, 2.75) is 25.5 Å². The molecule has 3 N–H and O–H groups in total. The molecule has 0 saturated heterocycles. The number of amides is 2. The van der Waals surface area contributed by atoms with Crippen molar-refractivity contribution in [1.29, 1.82) is 0 Å². The first-order valence-corrected chi connectivity index (χ1v) is 9.11. The Morgan fingerprint density at radius 3 is 2.48 bits per heavy atom. The highest BCUT2D eigenvalue weighted by molar-refractivity contribution is 5.94. The van der Waals surface area contributed by atoms with Gasteiger partial charge >= 0.3 is 12.1 Å². The molecule has 2 aromatic carbocycles. The highest BCUT2D eigenvalue weighted by Gasteiger charge is 2.21. The van der Waals surface area contributed by atoms with Crippen molar-refractivity contribution in [3.05, 3.63) is 65.7 Å². The van der Waals surface area contributed by atoms with Crippen LogP contribution in [0.4, 0.5) is 4.79 Å². The molecule has 29 heavy (non-hydrogen) atoms. The number of nitrogens with zero attached hydrogens (tertiary/aromatic N) is 1. The third kappa shape index (κ3) is 7.17. The summed E-state index contributed by atoms with van der Waals surface area (Å²) in [5, 5.41) is 21.1. The first kappa shape index (κ1) is 21.7. The van der Waals surface area contributed by atoms with E-state index in [0.29, 0.717) is 18.5 Å². The molecule has 0 aliphatic heterocycles. The molecule has 8 nitrogen and oxygen atoms in total. The second-order valence-corrected chi connectivity index (χ2v) is 6.52. The van der Waals surface area contributed by atoms with Gasteiger partial charge in [0.1, 0.15) is 18.4 Å². The van der Waals surface area contributed by atoms with Crippen LogP contribution in [0.25, 0.3) is 0 Å². The van der Waals surface area contributed by atoms with Crippen LogP contribution >= 0.6 is 0 Å². The monoisotopic (exact) mass is 400 g/mol. The lowest BCUT2D eigenvalue weighted by molar-refractivity contribution is -0.139. The van der Waals surface area contributed by atoms with Crippen LogP contribution in [0.1, 0.15) is 28.8 Å². The number of alkyl carbamates (subject to hydrolysis) is 1. The number of aliphatic carboxylic acids is 1. The summed E-state index contributed by atoms with van der Waals surface area (Å²) < 4.78 is 5.04. The Hall–Kier alpha value is -3.55. The summed E-state index contributed by atoms with van der Waals surface area (Å²) in [6, 6.07) is 13.9. The van der Waals surface area contributed by atoms with E-state index in [-0.39, 0.29) is 24.7 Å². The van der Waals surface area contributed by atoms with E-state index in [2.05, 4.69) is 5.32 Å². The van der Waals surface area contributed by atoms with Gasteiger partial charge < -0.3 is 25.2 Å². The Morgan fingerprint density at radius 1 is 1.10 bits per heavy atom. The number of carboxylic acid groups (broad SMARTS) is 1. The zero-order chi connectivity index (χ0) is 21.2. The molecule has 0 spiro atoms. The third-order valence-corrected chi connectivity index (χ3v) is 4.23. The van der Waals surface area contributed by atoms with Crippen LogP contribution in [0.2, 0.25) is 0 Å². The Kier molecular flexibility index (Phi) is 8.02. The summed E-state index contributed by atoms with van der Waals surface area (Å²) in [5.41, 5.74) is 1.13. The minimum atomic E-state index is -1.18. The molecule has 0 unspecified atom stereocenters. The number of hydrogen-bond donors (Lipinski definition) is 3. The molecule has 1 atom stereocenters. The van der Waals surface area contributed by atoms with Crippen LogP contribution in [0, 0.1) is 0 Å². The molecule has 0 aliphatic carbocycles. The van der Waals surface area contributed by atoms with E-state index >= 15 is 0 Å². The summed E-state index contributed by atoms with van der Waals surface area (Å²) in [7, 11) is 1.59. The lowest BCUT2D eigenvalue weighted by atomic mass is 10.1. The van der Waals surface area contributed by atoms with Crippen molar-refractivity contribution in [3.8, 4) is 5.75 Å². The maximum absolute atomic E-state index is 12.3. The molecular formula is C21H24N2O6. The summed E-state index contributed by atoms with van der Waals surface area (Å²) in [4.78, 5) is 37.0. The van der Waals surface area contributed by atoms with E-state index in [9.17, 15) is 24.6 Å². The summed E-state index contributed by atoms with van der Waals surface area (Å²) in [6.07, 6.45) is -0.324. The zero-order valence-corrected chi connectivity index (χ0v) is 16.1. The van der Waals surface area contributed by atoms with Gasteiger partial charge in [0.2, 0.25) is 0 Å². The maximum atomic E-state index is 12.3. The Bertz CT molecular complexity index is 840. The number of benzene rings is 2. The number of carbonyl (C=O) groups is 3. The van der Waals surface area contributed by atoms with Crippen LogP contribution in [0.5, 0.6) is 5.75 Å². The van der Waals surface area contributed by atoms with Gasteiger partial charge in [0, 0.05) is 19.2 Å². The molecule has 0 aromatic heterocycles. The number of phenolic OH excluding ortho intramolecular Hbond substituents is 1. The van der Waals surface area contributed by atoms with E-state index < -0.39 is 18.1 Å². The quantitative estimate of drug-likeness (QED) is 0.596. The summed E-state index contributed by atoms with van der Waals surface area (Å²) in [6.45, 7) is 0.333. The average Bonchev–Trinajstić information content (AvgIpc) is 2.71. The number of nitrogens with one attached hydrogen (secondary N) is 1. The number of carbonyl (C=O) groups excluding carboxylic acids is 2. The molecule has 0 fully saturated rings. The second-order valence-electron chi connectivity index (χ2n) is 6.52. The van der Waals surface area contributed by atoms with Gasteiger partial charge in [0.05, 0.1) is 0 Å². The van der Waals surface area contributed by atoms with E-state index in [1.807, 2.05) is 18.2 Å². The smallest absolute Gasteiger partial charge is 0.408 e. The zero-order valence-electron chi connectivity index (χ0n) is 16.1. The van der Waals surface area contributed by atoms with Gasteiger partial charge in [0.15, 0.2) is 0 Å². The topological polar surface area (TPSA) is 116 Å². The SMILES string of the molecule is CN(CCC[C@H](NC(=O)OCc1ccccc1)C(=O)O)C(=O)c1cccc(O)c1. The minimum Gasteiger partial charge on any atom is -0.508 e. The Labute approximate surface area is 168 Å². The molecular weight excluding hydrogens is 376 g/mol. The average molecular weight is 400 g/mol. The molecule has 0 radical (unpaired) electrons. The van der Waals surface area contributed by atoms with Crippen LogP contribution in [0.15, 0.2) is 54.6 Å². The van der Waals surface area contributed by atoms with Gasteiger partial charge in [-0.1, -0.05) is 36.4 Å². The molecule has 2 amide bonds. The number of aromatic hydroxyl groups is 1. The van der Waals surface area contributed by atoms with Crippen molar-refractivity contribution < 1.29 is 29.3 Å². The number of phenols is 1. The largest absolute Gasteiger partial charge is 0.508 e. The fraction of sp³-hybridized carbons (Fsp3) is 0.286. The van der Waals surface area contributed by atoms with Crippen molar-refractivity contribution >= 4 is 18.0 Å². The van der Waals surface area contributed by atoms with Gasteiger partial charge in [-0.05, 0) is 36.6 Å². The normalized spacial score (nSPS) is 11.3. The van der Waals surface area contributed by atoms with Crippen LogP contribution in [-0.2, 0) is 16.1 Å². The van der Waals surface area contributed by atoms with Crippen LogP contribution in [-0.4, -0.2) is 52.7 Å². The van der Waals surface area contributed by atoms with E-state index in [4.69, 9.17) is 4.74 Å². The van der Waals surface area contributed by atoms with Crippen LogP contribution in [0.3, 0.4) is 0 Å². The van der Waals surface area contributed by atoms with Gasteiger partial charge in [0.25, 0.3) is 5.91 Å². The first-order chi connectivity index (χ1) is 13.9. The maximum Gasteiger partial charge on any atom is 0.408 e. The van der Waals surface area contributed by atoms with Crippen molar-refractivity contribution in [2.75, 3.05) is 13.6 Å². The molecule has 0 aliphatic rings. The van der Waals surface area contributed by atoms with Crippen molar-refractivity contribution in [3.63, 3.8) is 0 Å². The van der Waals surface area contributed by atoms with Gasteiger partial charge in [-0.15, -0.1) is 0 Å². The van der Waals surface area contributed by atoms with Gasteiger partial charge in [-0.25, -0.2) is 9.59 Å². The predicted molar refractivity (Wildman–Crippen MR) is 105 cm³/mol. The van der Waals surface area contributed by atoms with Crippen molar-refractivity contribution in [2.24, 2.45) is 0 Å². The molecule has 0 saturated carbocycles. The Balaban J connectivity index is 1.78. The molecule has 2 aromatic rings. The minimum absolute atomic E-state index is 0.00611. The highest BCUT2D eigenvalue weighted by atomic mass is 16.5. The van der Waals surface area contributed by atoms with E-state index in [1.54, 1.807) is 31.3 Å². The molecule has 0 heterocycles. The first-order valence-electron chi connectivity index (χ1n) is 9.11. The highest BCUT2D eigenvalue weighted by Crippen LogP contribution is 2.13. The molecule has 154 valence electrons. The second kappa shape index (κ2) is 10.7. The molecule has 2 rings (SSSR count). The van der Waals surface area contributed by atoms with E-state index in [1.165, 1.54) is 17.0 Å². The van der Waals surface area contributed by atoms with Crippen LogP contribution < -0.4 is 5.32 Å². The Morgan fingerprint density at radius 2 is 1.83 bits per heavy atom. The number of rotatable bonds is 9. The standard InChI is InChI=1S/C21H24N2O6/c1-23(19(25)16-9-5-10-17(24)13-16)12-6-11-18(20(26)27)22-21(28)29-14-15-7-3-2-4-8-15/h2-5,7-10,13,18,24H,6,11-12,14H2,1H3,(H,22,28)(H,26,27)/t18-/m0/s1. The van der Waals surface area contributed by atoms with Gasteiger partial charge in [-0.3, -0.25) is 4.79 Å². The number of carboxylic acids is 1. The fourth-order valence-corrected chi connectivity index (χ4v) is 2.66. The summed E-state index contributed by atoms with van der Waals surface area (Å²) in [5.74, 6) is -1.47. The van der Waals surface area contributed by atoms with Gasteiger partial charge in [-0.2, -0.15) is 0 Å². The summed E-state index contributed by atoms with van der Waals surface area (Å²) >= 11 is 0. The molecule has 8 heteroatoms. The number of ether oxygens (including phenoxy) is 1. The number of hydrogen-bond acceptors (Lipinski definition) is 5. The lowest BCUT2D eigenvalue weighted by Crippen LogP contribution is -2.41. The van der Waals surface area contributed by atoms with E-state index in [0.717, 1.165) is 5.56 Å². The fourth-order valence-electron chi connectivity index (χ4n) is 2.66. The lowest BCUT2D eigenvalue weighted by Gasteiger charge is -2.19.